The Labute approximate surface area is 200 Å². The number of nitrogens with one attached hydrogen (secondary N) is 2. The maximum absolute atomic E-state index is 12.3. The van der Waals surface area contributed by atoms with Gasteiger partial charge in [0.25, 0.3) is 0 Å². The zero-order valence-corrected chi connectivity index (χ0v) is 22.0. The van der Waals surface area contributed by atoms with Crippen molar-refractivity contribution in [3.63, 3.8) is 0 Å². The highest BCUT2D eigenvalue weighted by Gasteiger charge is 2.40. The number of morpholine rings is 1. The van der Waals surface area contributed by atoms with Crippen LogP contribution in [-0.4, -0.2) is 88.6 Å². The minimum Gasteiger partial charge on any atom is -0.379 e. The highest BCUT2D eigenvalue weighted by Crippen LogP contribution is 2.34. The van der Waals surface area contributed by atoms with E-state index < -0.39 is 10.8 Å². The largest absolute Gasteiger partial charge is 0.379 e. The standard InChI is InChI=1S/C20H38N4O2S2.HI/c1-3-21-19(23-17-6-5-7-18(14-17)28(25)4-2)22-15-20(8-13-27-16-20)24-9-11-26-12-10-24;/h17-18H,3-16H2,1-2H3,(H2,21,22,23);1H. The van der Waals surface area contributed by atoms with Crippen LogP contribution in [0.15, 0.2) is 4.99 Å². The second kappa shape index (κ2) is 13.1. The van der Waals surface area contributed by atoms with Crippen molar-refractivity contribution >= 4 is 52.5 Å². The fraction of sp³-hybridized carbons (Fsp3) is 0.950. The predicted molar refractivity (Wildman–Crippen MR) is 136 cm³/mol. The molecule has 3 rings (SSSR count). The third-order valence-corrected chi connectivity index (χ3v) is 9.24. The van der Waals surface area contributed by atoms with E-state index in [0.717, 1.165) is 82.5 Å². The summed E-state index contributed by atoms with van der Waals surface area (Å²) in [4.78, 5) is 7.67. The number of guanidine groups is 1. The number of hydrogen-bond acceptors (Lipinski definition) is 5. The summed E-state index contributed by atoms with van der Waals surface area (Å²) in [6, 6.07) is 0.379. The van der Waals surface area contributed by atoms with Gasteiger partial charge in [-0.2, -0.15) is 11.8 Å². The van der Waals surface area contributed by atoms with Crippen LogP contribution >= 0.6 is 35.7 Å². The first kappa shape index (κ1) is 25.7. The van der Waals surface area contributed by atoms with E-state index in [-0.39, 0.29) is 29.5 Å². The van der Waals surface area contributed by atoms with Crippen LogP contribution in [0.5, 0.6) is 0 Å². The van der Waals surface area contributed by atoms with E-state index in [2.05, 4.69) is 34.2 Å². The van der Waals surface area contributed by atoms with E-state index in [4.69, 9.17) is 9.73 Å². The molecule has 2 heterocycles. The van der Waals surface area contributed by atoms with Crippen molar-refractivity contribution < 1.29 is 8.95 Å². The molecule has 0 spiro atoms. The van der Waals surface area contributed by atoms with Gasteiger partial charge in [-0.05, 0) is 38.4 Å². The molecule has 6 nitrogen and oxygen atoms in total. The number of ether oxygens (including phenoxy) is 1. The number of aliphatic imine (C=N–C) groups is 1. The van der Waals surface area contributed by atoms with Gasteiger partial charge in [0.05, 0.1) is 25.3 Å². The minimum absolute atomic E-state index is 0. The molecule has 9 heteroatoms. The summed E-state index contributed by atoms with van der Waals surface area (Å²) in [5.74, 6) is 4.09. The van der Waals surface area contributed by atoms with Gasteiger partial charge in [-0.25, -0.2) is 0 Å². The van der Waals surface area contributed by atoms with Crippen molar-refractivity contribution in [1.82, 2.24) is 15.5 Å². The lowest BCUT2D eigenvalue weighted by atomic mass is 9.95. The number of rotatable bonds is 7. The van der Waals surface area contributed by atoms with Gasteiger partial charge in [-0.1, -0.05) is 13.3 Å². The van der Waals surface area contributed by atoms with E-state index in [0.29, 0.717) is 11.3 Å². The maximum atomic E-state index is 12.3. The fourth-order valence-electron chi connectivity index (χ4n) is 4.60. The molecular formula is C20H39IN4O2S2. The molecule has 0 radical (unpaired) electrons. The number of thioether (sulfide) groups is 1. The van der Waals surface area contributed by atoms with Gasteiger partial charge in [0.15, 0.2) is 5.96 Å². The summed E-state index contributed by atoms with van der Waals surface area (Å²) < 4.78 is 17.8. The SMILES string of the molecule is CCNC(=NCC1(N2CCOCC2)CCSC1)NC1CCCC(S(=O)CC)C1.I. The first-order chi connectivity index (χ1) is 13.7. The van der Waals surface area contributed by atoms with Crippen LogP contribution in [0.2, 0.25) is 0 Å². The average Bonchev–Trinajstić information content (AvgIpc) is 3.23. The first-order valence-electron chi connectivity index (χ1n) is 11.0. The van der Waals surface area contributed by atoms with E-state index in [1.54, 1.807) is 0 Å². The molecule has 3 aliphatic rings. The quantitative estimate of drug-likeness (QED) is 0.285. The summed E-state index contributed by atoms with van der Waals surface area (Å²) in [6.07, 6.45) is 5.61. The second-order valence-electron chi connectivity index (χ2n) is 8.12. The average molecular weight is 559 g/mol. The van der Waals surface area contributed by atoms with E-state index in [1.165, 1.54) is 12.2 Å². The molecule has 2 aliphatic heterocycles. The first-order valence-corrected chi connectivity index (χ1v) is 13.5. The van der Waals surface area contributed by atoms with Crippen LogP contribution in [-0.2, 0) is 15.5 Å². The van der Waals surface area contributed by atoms with Crippen molar-refractivity contribution in [2.75, 3.05) is 56.7 Å². The van der Waals surface area contributed by atoms with Gasteiger partial charge >= 0.3 is 0 Å². The van der Waals surface area contributed by atoms with E-state index in [1.807, 2.05) is 6.92 Å². The van der Waals surface area contributed by atoms with Crippen LogP contribution in [0.4, 0.5) is 0 Å². The van der Waals surface area contributed by atoms with Gasteiger partial charge in [0, 0.05) is 53.2 Å². The molecule has 4 unspecified atom stereocenters. The molecule has 1 aliphatic carbocycles. The molecule has 2 saturated heterocycles. The number of hydrogen-bond donors (Lipinski definition) is 2. The Hall–Kier alpha value is 0.420. The molecule has 170 valence electrons. The zero-order chi connectivity index (χ0) is 19.8. The molecular weight excluding hydrogens is 519 g/mol. The van der Waals surface area contributed by atoms with Crippen LogP contribution in [0.25, 0.3) is 0 Å². The summed E-state index contributed by atoms with van der Waals surface area (Å²) in [6.45, 7) is 9.58. The highest BCUT2D eigenvalue weighted by atomic mass is 127. The monoisotopic (exact) mass is 558 g/mol. The van der Waals surface area contributed by atoms with Crippen LogP contribution < -0.4 is 10.6 Å². The molecule has 0 amide bonds. The van der Waals surface area contributed by atoms with Crippen molar-refractivity contribution in [3.05, 3.63) is 0 Å². The Balaban J connectivity index is 0.00000300. The number of halogens is 1. The van der Waals surface area contributed by atoms with E-state index in [9.17, 15) is 4.21 Å². The highest BCUT2D eigenvalue weighted by molar-refractivity contribution is 14.0. The van der Waals surface area contributed by atoms with Gasteiger partial charge in [0.1, 0.15) is 0 Å². The maximum Gasteiger partial charge on any atom is 0.191 e. The summed E-state index contributed by atoms with van der Waals surface area (Å²) in [5, 5.41) is 7.45. The molecule has 0 bridgehead atoms. The Kier molecular flexibility index (Phi) is 11.6. The van der Waals surface area contributed by atoms with Gasteiger partial charge in [0.2, 0.25) is 0 Å². The van der Waals surface area contributed by atoms with Crippen molar-refractivity contribution in [1.29, 1.82) is 0 Å². The summed E-state index contributed by atoms with van der Waals surface area (Å²) in [5.41, 5.74) is 0.176. The minimum atomic E-state index is -0.690. The van der Waals surface area contributed by atoms with Crippen molar-refractivity contribution in [3.8, 4) is 0 Å². The van der Waals surface area contributed by atoms with Crippen LogP contribution in [0.3, 0.4) is 0 Å². The van der Waals surface area contributed by atoms with Crippen molar-refractivity contribution in [2.24, 2.45) is 4.99 Å². The lowest BCUT2D eigenvalue weighted by Gasteiger charge is -2.42. The van der Waals surface area contributed by atoms with Gasteiger partial charge < -0.3 is 15.4 Å². The molecule has 2 N–H and O–H groups in total. The summed E-state index contributed by atoms with van der Waals surface area (Å²) in [7, 11) is -0.690. The Bertz CT molecular complexity index is 541. The third kappa shape index (κ3) is 7.22. The Morgan fingerprint density at radius 2 is 2.10 bits per heavy atom. The van der Waals surface area contributed by atoms with Gasteiger partial charge in [-0.15, -0.1) is 24.0 Å². The van der Waals surface area contributed by atoms with Crippen LogP contribution in [0.1, 0.15) is 46.0 Å². The molecule has 3 fully saturated rings. The lowest BCUT2D eigenvalue weighted by molar-refractivity contribution is -0.0104. The Morgan fingerprint density at radius 3 is 2.76 bits per heavy atom. The Morgan fingerprint density at radius 1 is 1.31 bits per heavy atom. The third-order valence-electron chi connectivity index (χ3n) is 6.26. The molecule has 0 aromatic carbocycles. The lowest BCUT2D eigenvalue weighted by Crippen LogP contribution is -2.56. The van der Waals surface area contributed by atoms with Crippen LogP contribution in [0, 0.1) is 0 Å². The molecule has 0 aromatic heterocycles. The molecule has 1 saturated carbocycles. The zero-order valence-electron chi connectivity index (χ0n) is 18.0. The van der Waals surface area contributed by atoms with Gasteiger partial charge in [-0.3, -0.25) is 14.1 Å². The summed E-state index contributed by atoms with van der Waals surface area (Å²) >= 11 is 2.05. The van der Waals surface area contributed by atoms with E-state index >= 15 is 0 Å². The predicted octanol–water partition coefficient (Wildman–Crippen LogP) is 2.45. The fourth-order valence-corrected chi connectivity index (χ4v) is 7.41. The van der Waals surface area contributed by atoms with Crippen molar-refractivity contribution in [2.45, 2.75) is 62.8 Å². The molecule has 29 heavy (non-hydrogen) atoms. The molecule has 4 atom stereocenters. The topological polar surface area (TPSA) is 66.0 Å². The smallest absolute Gasteiger partial charge is 0.191 e. The number of nitrogens with zero attached hydrogens (tertiary/aromatic N) is 2. The molecule has 0 aromatic rings. The normalized spacial score (nSPS) is 32.4. The second-order valence-corrected chi connectivity index (χ2v) is 11.2.